The molecule has 1 saturated heterocycles. The Hall–Kier alpha value is -2.89. The summed E-state index contributed by atoms with van der Waals surface area (Å²) in [6, 6.07) is -0.725. The van der Waals surface area contributed by atoms with Gasteiger partial charge in [-0.25, -0.2) is 0 Å². The highest BCUT2D eigenvalue weighted by Gasteiger charge is 2.44. The molecule has 1 aliphatic heterocycles. The number of carbonyl (C=O) groups is 1. The fourth-order valence-electron chi connectivity index (χ4n) is 6.70. The highest BCUT2D eigenvalue weighted by molar-refractivity contribution is 5.76. The lowest BCUT2D eigenvalue weighted by Crippen LogP contribution is -2.60. The predicted octanol–water partition coefficient (Wildman–Crippen LogP) is 10.1. The first-order chi connectivity index (χ1) is 29.3. The number of unbranched alkanes of at least 4 members (excludes halogenated alkanes) is 11. The molecule has 0 aromatic rings. The highest BCUT2D eigenvalue weighted by Crippen LogP contribution is 2.23. The first kappa shape index (κ1) is 55.1. The van der Waals surface area contributed by atoms with Gasteiger partial charge in [0.15, 0.2) is 6.29 Å². The van der Waals surface area contributed by atoms with Gasteiger partial charge in [-0.2, -0.15) is 0 Å². The lowest BCUT2D eigenvalue weighted by Gasteiger charge is -2.40. The fraction of sp³-hybridized carbons (Fsp3) is 0.667. The number of carbonyl (C=O) groups excluding carboxylic acids is 1. The van der Waals surface area contributed by atoms with E-state index in [1.165, 1.54) is 25.7 Å². The molecular formula is C51H85NO8. The normalized spacial score (nSPS) is 21.5. The molecule has 0 aromatic heterocycles. The molecule has 1 heterocycles. The third-order valence-electron chi connectivity index (χ3n) is 10.5. The lowest BCUT2D eigenvalue weighted by atomic mass is 9.99. The second-order valence-electron chi connectivity index (χ2n) is 15.8. The van der Waals surface area contributed by atoms with Crippen molar-refractivity contribution in [3.05, 3.63) is 97.2 Å². The molecule has 1 fully saturated rings. The Morgan fingerprint density at radius 2 is 1.03 bits per heavy atom. The maximum atomic E-state index is 12.8. The SMILES string of the molecule is CC/C=C\C/C=C\C/C=C\C/C=C\C/C=C\C/C=C\C/C=C\C/C=C\CCCCCCCCCCC(=O)NC(COC1OC(CO)C(O)C(O)C1O)C(O)CCCCCC. The van der Waals surface area contributed by atoms with Crippen LogP contribution in [0.15, 0.2) is 97.2 Å². The van der Waals surface area contributed by atoms with Gasteiger partial charge in [-0.15, -0.1) is 0 Å². The van der Waals surface area contributed by atoms with Crippen molar-refractivity contribution in [1.82, 2.24) is 5.32 Å². The van der Waals surface area contributed by atoms with E-state index < -0.39 is 49.5 Å². The van der Waals surface area contributed by atoms with Gasteiger partial charge in [-0.3, -0.25) is 4.79 Å². The number of aliphatic hydroxyl groups excluding tert-OH is 5. The number of rotatable bonds is 37. The number of allylic oxidation sites excluding steroid dienone is 16. The summed E-state index contributed by atoms with van der Waals surface area (Å²) in [6.07, 6.45) is 50.7. The molecule has 342 valence electrons. The summed E-state index contributed by atoms with van der Waals surface area (Å²) in [5, 5.41) is 53.7. The molecule has 1 aliphatic rings. The number of hydrogen-bond acceptors (Lipinski definition) is 8. The minimum absolute atomic E-state index is 0.151. The van der Waals surface area contributed by atoms with E-state index in [0.29, 0.717) is 12.8 Å². The fourth-order valence-corrected chi connectivity index (χ4v) is 6.70. The predicted molar refractivity (Wildman–Crippen MR) is 248 cm³/mol. The molecule has 0 bridgehead atoms. The van der Waals surface area contributed by atoms with E-state index in [2.05, 4.69) is 116 Å². The zero-order chi connectivity index (χ0) is 43.7. The van der Waals surface area contributed by atoms with Gasteiger partial charge < -0.3 is 40.3 Å². The van der Waals surface area contributed by atoms with Gasteiger partial charge >= 0.3 is 0 Å². The zero-order valence-corrected chi connectivity index (χ0v) is 37.4. The Bertz CT molecular complexity index is 1250. The van der Waals surface area contributed by atoms with Gasteiger partial charge in [0.05, 0.1) is 25.4 Å². The van der Waals surface area contributed by atoms with E-state index in [1.807, 2.05) is 0 Å². The van der Waals surface area contributed by atoms with Crippen LogP contribution in [0.5, 0.6) is 0 Å². The Kier molecular flexibility index (Phi) is 36.9. The molecule has 9 heteroatoms. The topological polar surface area (TPSA) is 149 Å². The second-order valence-corrected chi connectivity index (χ2v) is 15.8. The minimum atomic E-state index is -1.56. The van der Waals surface area contributed by atoms with Crippen LogP contribution in [-0.4, -0.2) is 87.5 Å². The van der Waals surface area contributed by atoms with E-state index in [9.17, 15) is 30.3 Å². The maximum absolute atomic E-state index is 12.8. The largest absolute Gasteiger partial charge is 0.394 e. The van der Waals surface area contributed by atoms with Crippen LogP contribution in [0.4, 0.5) is 0 Å². The molecule has 1 amide bonds. The molecular weight excluding hydrogens is 755 g/mol. The summed E-state index contributed by atoms with van der Waals surface area (Å²) in [6.45, 7) is 3.56. The van der Waals surface area contributed by atoms with Gasteiger partial charge in [-0.05, 0) is 77.0 Å². The van der Waals surface area contributed by atoms with Crippen molar-refractivity contribution in [2.24, 2.45) is 0 Å². The van der Waals surface area contributed by atoms with E-state index in [4.69, 9.17) is 9.47 Å². The lowest BCUT2D eigenvalue weighted by molar-refractivity contribution is -0.302. The molecule has 60 heavy (non-hydrogen) atoms. The Morgan fingerprint density at radius 3 is 1.52 bits per heavy atom. The molecule has 0 spiro atoms. The molecule has 9 nitrogen and oxygen atoms in total. The molecule has 6 N–H and O–H groups in total. The first-order valence-corrected chi connectivity index (χ1v) is 23.4. The quantitative estimate of drug-likeness (QED) is 0.0268. The van der Waals surface area contributed by atoms with Gasteiger partial charge in [-0.1, -0.05) is 175 Å². The third-order valence-corrected chi connectivity index (χ3v) is 10.5. The van der Waals surface area contributed by atoms with Crippen LogP contribution in [0.2, 0.25) is 0 Å². The number of ether oxygens (including phenoxy) is 2. The third kappa shape index (κ3) is 30.2. The monoisotopic (exact) mass is 840 g/mol. The summed E-state index contributed by atoms with van der Waals surface area (Å²) < 4.78 is 11.1. The molecule has 0 aromatic carbocycles. The van der Waals surface area contributed by atoms with Gasteiger partial charge in [0.25, 0.3) is 0 Å². The number of aliphatic hydroxyl groups is 5. The van der Waals surface area contributed by atoms with Crippen molar-refractivity contribution < 1.29 is 39.8 Å². The molecule has 0 radical (unpaired) electrons. The molecule has 7 unspecified atom stereocenters. The van der Waals surface area contributed by atoms with Gasteiger partial charge in [0, 0.05) is 6.42 Å². The van der Waals surface area contributed by atoms with Gasteiger partial charge in [0.1, 0.15) is 24.4 Å². The smallest absolute Gasteiger partial charge is 0.220 e. The van der Waals surface area contributed by atoms with Crippen molar-refractivity contribution >= 4 is 5.91 Å². The van der Waals surface area contributed by atoms with Crippen LogP contribution in [0.25, 0.3) is 0 Å². The number of amides is 1. The highest BCUT2D eigenvalue weighted by atomic mass is 16.7. The Labute approximate surface area is 364 Å². The van der Waals surface area contributed by atoms with Crippen LogP contribution in [0, 0.1) is 0 Å². The van der Waals surface area contributed by atoms with Crippen molar-refractivity contribution in [2.45, 2.75) is 204 Å². The van der Waals surface area contributed by atoms with E-state index in [-0.39, 0.29) is 12.5 Å². The molecule has 7 atom stereocenters. The average Bonchev–Trinajstić information content (AvgIpc) is 3.25. The summed E-state index contributed by atoms with van der Waals surface area (Å²) in [5.41, 5.74) is 0. The number of nitrogens with one attached hydrogen (secondary N) is 1. The Morgan fingerprint density at radius 1 is 0.583 bits per heavy atom. The van der Waals surface area contributed by atoms with Crippen molar-refractivity contribution in [1.29, 1.82) is 0 Å². The van der Waals surface area contributed by atoms with E-state index >= 15 is 0 Å². The molecule has 0 saturated carbocycles. The summed E-state index contributed by atoms with van der Waals surface area (Å²) in [7, 11) is 0. The van der Waals surface area contributed by atoms with E-state index in [1.54, 1.807) is 0 Å². The minimum Gasteiger partial charge on any atom is -0.394 e. The van der Waals surface area contributed by atoms with Crippen molar-refractivity contribution in [3.63, 3.8) is 0 Å². The molecule has 0 aliphatic carbocycles. The number of hydrogen-bond donors (Lipinski definition) is 6. The second kappa shape index (κ2) is 40.2. The van der Waals surface area contributed by atoms with Gasteiger partial charge in [0.2, 0.25) is 5.91 Å². The summed E-state index contributed by atoms with van der Waals surface area (Å²) in [4.78, 5) is 12.8. The standard InChI is InChI=1S/C51H85NO8/c1-3-5-7-9-10-11-12-13-14-15-16-17-18-19-20-21-22-23-24-25-26-27-28-29-30-31-32-33-34-35-36-37-39-41-47(55)52-44(45(54)40-38-8-6-4-2)43-59-51-50(58)49(57)48(56)46(42-53)60-51/h5,7,10-11,13-14,16-17,19-20,22-23,25-26,28-29,44-46,48-51,53-54,56-58H,3-4,6,8-9,12,15,18,21,24,27,30-43H2,1-2H3,(H,52,55)/b7-5-,11-10-,14-13-,17-16-,20-19-,23-22-,26-25-,29-28-. The van der Waals surface area contributed by atoms with Crippen molar-refractivity contribution in [3.8, 4) is 0 Å². The Balaban J connectivity index is 2.10. The van der Waals surface area contributed by atoms with Crippen LogP contribution < -0.4 is 5.32 Å². The van der Waals surface area contributed by atoms with Crippen LogP contribution >= 0.6 is 0 Å². The summed E-state index contributed by atoms with van der Waals surface area (Å²) >= 11 is 0. The summed E-state index contributed by atoms with van der Waals surface area (Å²) in [5.74, 6) is -0.168. The van der Waals surface area contributed by atoms with Crippen LogP contribution in [-0.2, 0) is 14.3 Å². The average molecular weight is 840 g/mol. The molecule has 1 rings (SSSR count). The van der Waals surface area contributed by atoms with Crippen molar-refractivity contribution in [2.75, 3.05) is 13.2 Å². The van der Waals surface area contributed by atoms with Crippen LogP contribution in [0.1, 0.15) is 162 Å². The first-order valence-electron chi connectivity index (χ1n) is 23.4. The zero-order valence-electron chi connectivity index (χ0n) is 37.4. The maximum Gasteiger partial charge on any atom is 0.220 e. The van der Waals surface area contributed by atoms with E-state index in [0.717, 1.165) is 109 Å². The van der Waals surface area contributed by atoms with Crippen LogP contribution in [0.3, 0.4) is 0 Å².